The Morgan fingerprint density at radius 3 is 3.11 bits per heavy atom. The number of nitrogens with zero attached hydrogens (tertiary/aromatic N) is 1. The van der Waals surface area contributed by atoms with Gasteiger partial charge in [0.1, 0.15) is 0 Å². The first-order valence-corrected chi connectivity index (χ1v) is 8.36. The van der Waals surface area contributed by atoms with Crippen LogP contribution in [0.15, 0.2) is 5.38 Å². The highest BCUT2D eigenvalue weighted by Gasteiger charge is 2.07. The molecule has 0 aliphatic rings. The van der Waals surface area contributed by atoms with Crippen LogP contribution in [0.25, 0.3) is 0 Å². The van der Waals surface area contributed by atoms with Gasteiger partial charge in [-0.25, -0.2) is 4.98 Å². The van der Waals surface area contributed by atoms with Crippen LogP contribution in [0.3, 0.4) is 0 Å². The molecule has 0 amide bonds. The maximum Gasteiger partial charge on any atom is 0.311 e. The van der Waals surface area contributed by atoms with Crippen molar-refractivity contribution in [3.63, 3.8) is 0 Å². The molecule has 4 nitrogen and oxygen atoms in total. The van der Waals surface area contributed by atoms with Crippen LogP contribution in [-0.2, 0) is 16.0 Å². The van der Waals surface area contributed by atoms with Crippen molar-refractivity contribution in [3.8, 4) is 0 Å². The van der Waals surface area contributed by atoms with Gasteiger partial charge in [-0.05, 0) is 31.8 Å². The fourth-order valence-electron chi connectivity index (χ4n) is 1.40. The quantitative estimate of drug-likeness (QED) is 0.559. The zero-order chi connectivity index (χ0) is 13.2. The molecule has 0 aromatic carbocycles. The molecule has 102 valence electrons. The lowest BCUT2D eigenvalue weighted by Gasteiger charge is -2.01. The van der Waals surface area contributed by atoms with Crippen LogP contribution in [0.1, 0.15) is 25.5 Å². The second-order valence-electron chi connectivity index (χ2n) is 3.75. The van der Waals surface area contributed by atoms with Crippen molar-refractivity contribution in [2.24, 2.45) is 0 Å². The average molecular weight is 288 g/mol. The Balaban J connectivity index is 2.23. The van der Waals surface area contributed by atoms with E-state index >= 15 is 0 Å². The molecule has 1 aromatic rings. The van der Waals surface area contributed by atoms with Crippen LogP contribution in [0.5, 0.6) is 0 Å². The zero-order valence-corrected chi connectivity index (χ0v) is 12.5. The van der Waals surface area contributed by atoms with Gasteiger partial charge in [0.15, 0.2) is 5.13 Å². The molecule has 1 heterocycles. The van der Waals surface area contributed by atoms with Crippen molar-refractivity contribution in [3.05, 3.63) is 11.1 Å². The Labute approximate surface area is 117 Å². The van der Waals surface area contributed by atoms with E-state index in [1.165, 1.54) is 23.5 Å². The van der Waals surface area contributed by atoms with Crippen molar-refractivity contribution in [2.75, 3.05) is 30.5 Å². The van der Waals surface area contributed by atoms with Gasteiger partial charge in [-0.2, -0.15) is 11.8 Å². The third kappa shape index (κ3) is 6.26. The predicted octanol–water partition coefficient (Wildman–Crippen LogP) is 2.80. The van der Waals surface area contributed by atoms with Gasteiger partial charge in [0.05, 0.1) is 18.7 Å². The Hall–Kier alpha value is -0.750. The molecule has 0 fully saturated rings. The van der Waals surface area contributed by atoms with Gasteiger partial charge in [0.2, 0.25) is 0 Å². The summed E-state index contributed by atoms with van der Waals surface area (Å²) < 4.78 is 4.88. The van der Waals surface area contributed by atoms with Crippen LogP contribution in [-0.4, -0.2) is 36.1 Å². The molecule has 0 aliphatic carbocycles. The number of ether oxygens (including phenoxy) is 1. The van der Waals surface area contributed by atoms with E-state index in [4.69, 9.17) is 4.74 Å². The standard InChI is InChI=1S/C12H20N2O2S2/c1-3-16-11(15)8-10-9-18-12(14-10)13-6-4-5-7-17-2/h9H,3-8H2,1-2H3,(H,13,14). The maximum atomic E-state index is 11.3. The smallest absolute Gasteiger partial charge is 0.311 e. The van der Waals surface area contributed by atoms with Crippen molar-refractivity contribution < 1.29 is 9.53 Å². The molecule has 0 radical (unpaired) electrons. The molecular weight excluding hydrogens is 268 g/mol. The lowest BCUT2D eigenvalue weighted by molar-refractivity contribution is -0.142. The monoisotopic (exact) mass is 288 g/mol. The number of rotatable bonds is 9. The maximum absolute atomic E-state index is 11.3. The van der Waals surface area contributed by atoms with Crippen LogP contribution in [0, 0.1) is 0 Å². The largest absolute Gasteiger partial charge is 0.466 e. The van der Waals surface area contributed by atoms with Crippen LogP contribution in [0.4, 0.5) is 5.13 Å². The van der Waals surface area contributed by atoms with E-state index in [0.717, 1.165) is 23.8 Å². The summed E-state index contributed by atoms with van der Waals surface area (Å²) in [7, 11) is 0. The minimum absolute atomic E-state index is 0.214. The highest BCUT2D eigenvalue weighted by atomic mass is 32.2. The third-order valence-corrected chi connectivity index (χ3v) is 3.78. The first-order valence-electron chi connectivity index (χ1n) is 6.09. The molecule has 6 heteroatoms. The lowest BCUT2D eigenvalue weighted by Crippen LogP contribution is -2.08. The summed E-state index contributed by atoms with van der Waals surface area (Å²) in [6.45, 7) is 3.16. The fourth-order valence-corrected chi connectivity index (χ4v) is 2.63. The lowest BCUT2D eigenvalue weighted by atomic mass is 10.3. The summed E-state index contributed by atoms with van der Waals surface area (Å²) in [6, 6.07) is 0. The third-order valence-electron chi connectivity index (χ3n) is 2.23. The first kappa shape index (κ1) is 15.3. The topological polar surface area (TPSA) is 51.2 Å². The number of thiazole rings is 1. The van der Waals surface area contributed by atoms with Gasteiger partial charge in [-0.3, -0.25) is 4.79 Å². The number of unbranched alkanes of at least 4 members (excludes halogenated alkanes) is 1. The number of carbonyl (C=O) groups is 1. The number of thioether (sulfide) groups is 1. The highest BCUT2D eigenvalue weighted by Crippen LogP contribution is 2.16. The van der Waals surface area contributed by atoms with Gasteiger partial charge in [0, 0.05) is 11.9 Å². The average Bonchev–Trinajstić information content (AvgIpc) is 2.77. The molecular formula is C12H20N2O2S2. The van der Waals surface area contributed by atoms with E-state index in [1.807, 2.05) is 17.1 Å². The molecule has 0 unspecified atom stereocenters. The minimum Gasteiger partial charge on any atom is -0.466 e. The normalized spacial score (nSPS) is 10.3. The second-order valence-corrected chi connectivity index (χ2v) is 5.60. The Kier molecular flexibility index (Phi) is 7.84. The van der Waals surface area contributed by atoms with E-state index in [2.05, 4.69) is 16.6 Å². The minimum atomic E-state index is -0.214. The van der Waals surface area contributed by atoms with Gasteiger partial charge in [-0.1, -0.05) is 0 Å². The van der Waals surface area contributed by atoms with Gasteiger partial charge >= 0.3 is 5.97 Å². The Bertz CT molecular complexity index is 356. The van der Waals surface area contributed by atoms with E-state index < -0.39 is 0 Å². The molecule has 1 aromatic heterocycles. The van der Waals surface area contributed by atoms with Crippen molar-refractivity contribution in [2.45, 2.75) is 26.2 Å². The van der Waals surface area contributed by atoms with Gasteiger partial charge in [0.25, 0.3) is 0 Å². The summed E-state index contributed by atoms with van der Waals surface area (Å²) in [4.78, 5) is 15.6. The fraction of sp³-hybridized carbons (Fsp3) is 0.667. The summed E-state index contributed by atoms with van der Waals surface area (Å²) in [5.74, 6) is 0.988. The molecule has 1 N–H and O–H groups in total. The highest BCUT2D eigenvalue weighted by molar-refractivity contribution is 7.98. The molecule has 0 bridgehead atoms. The Morgan fingerprint density at radius 1 is 1.56 bits per heavy atom. The number of anilines is 1. The first-order chi connectivity index (χ1) is 8.76. The number of esters is 1. The molecule has 0 saturated heterocycles. The predicted molar refractivity (Wildman–Crippen MR) is 78.6 cm³/mol. The molecule has 0 saturated carbocycles. The zero-order valence-electron chi connectivity index (χ0n) is 10.9. The van der Waals surface area contributed by atoms with Crippen LogP contribution >= 0.6 is 23.1 Å². The van der Waals surface area contributed by atoms with Crippen LogP contribution < -0.4 is 5.32 Å². The number of nitrogens with one attached hydrogen (secondary N) is 1. The SMILES string of the molecule is CCOC(=O)Cc1csc(NCCCCSC)n1. The van der Waals surface area contributed by atoms with Gasteiger partial charge in [-0.15, -0.1) is 11.3 Å². The summed E-state index contributed by atoms with van der Waals surface area (Å²) in [5, 5.41) is 6.07. The van der Waals surface area contributed by atoms with Crippen molar-refractivity contribution >= 4 is 34.2 Å². The number of hydrogen-bond donors (Lipinski definition) is 1. The second kappa shape index (κ2) is 9.22. The summed E-state index contributed by atoms with van der Waals surface area (Å²) >= 11 is 3.41. The van der Waals surface area contributed by atoms with Crippen LogP contribution in [0.2, 0.25) is 0 Å². The number of aromatic nitrogens is 1. The van der Waals surface area contributed by atoms with E-state index in [9.17, 15) is 4.79 Å². The van der Waals surface area contributed by atoms with E-state index in [1.54, 1.807) is 6.92 Å². The molecule has 0 aliphatic heterocycles. The number of carbonyl (C=O) groups excluding carboxylic acids is 1. The van der Waals surface area contributed by atoms with Crippen molar-refractivity contribution in [1.82, 2.24) is 4.98 Å². The van der Waals surface area contributed by atoms with E-state index in [0.29, 0.717) is 6.61 Å². The molecule has 1 rings (SSSR count). The number of hydrogen-bond acceptors (Lipinski definition) is 6. The van der Waals surface area contributed by atoms with Gasteiger partial charge < -0.3 is 10.1 Å². The van der Waals surface area contributed by atoms with E-state index in [-0.39, 0.29) is 12.4 Å². The molecule has 0 atom stereocenters. The molecule has 18 heavy (non-hydrogen) atoms. The summed E-state index contributed by atoms with van der Waals surface area (Å²) in [5.41, 5.74) is 0.782. The summed E-state index contributed by atoms with van der Waals surface area (Å²) in [6.07, 6.45) is 4.75. The Morgan fingerprint density at radius 2 is 2.39 bits per heavy atom. The van der Waals surface area contributed by atoms with Crippen molar-refractivity contribution in [1.29, 1.82) is 0 Å². The molecule has 0 spiro atoms.